The number of aldehydes is 1. The largest absolute Gasteiger partial charge is 0.455 e. The molecule has 0 fully saturated rings. The Morgan fingerprint density at radius 2 is 1.73 bits per heavy atom. The van der Waals surface area contributed by atoms with Gasteiger partial charge in [0.05, 0.1) is 10.9 Å². The lowest BCUT2D eigenvalue weighted by Gasteiger charge is -2.09. The van der Waals surface area contributed by atoms with E-state index in [2.05, 4.69) is 5.32 Å². The van der Waals surface area contributed by atoms with Crippen LogP contribution in [0.3, 0.4) is 0 Å². The predicted octanol–water partition coefficient (Wildman–Crippen LogP) is 5.53. The number of halogens is 2. The van der Waals surface area contributed by atoms with Gasteiger partial charge in [-0.3, -0.25) is 9.59 Å². The van der Waals surface area contributed by atoms with Crippen LogP contribution in [-0.2, 0) is 0 Å². The van der Waals surface area contributed by atoms with Crippen LogP contribution in [0.4, 0.5) is 8.78 Å². The molecule has 1 aromatic heterocycles. The molecule has 0 radical (unpaired) electrons. The number of carbonyl (C=O) groups excluding carboxylic acids is 2. The van der Waals surface area contributed by atoms with Crippen molar-refractivity contribution in [3.63, 3.8) is 0 Å². The van der Waals surface area contributed by atoms with Crippen molar-refractivity contribution in [2.45, 2.75) is 6.92 Å². The maximum Gasteiger partial charge on any atom is 0.255 e. The molecule has 0 saturated heterocycles. The molecule has 1 N–H and O–H groups in total. The van der Waals surface area contributed by atoms with Gasteiger partial charge in [0.25, 0.3) is 5.91 Å². The number of carbonyl (C=O) groups is 2. The van der Waals surface area contributed by atoms with Gasteiger partial charge in [-0.2, -0.15) is 0 Å². The molecule has 4 nitrogen and oxygen atoms in total. The molecular weight excluding hydrogens is 388 g/mol. The van der Waals surface area contributed by atoms with E-state index >= 15 is 4.39 Å². The van der Waals surface area contributed by atoms with Crippen LogP contribution in [0.5, 0.6) is 0 Å². The number of aryl methyl sites for hydroxylation is 1. The summed E-state index contributed by atoms with van der Waals surface area (Å²) in [6.45, 7) is 1.81. The van der Waals surface area contributed by atoms with E-state index in [-0.39, 0.29) is 27.9 Å². The smallest absolute Gasteiger partial charge is 0.255 e. The molecule has 0 spiro atoms. The first-order valence-corrected chi connectivity index (χ1v) is 9.23. The molecule has 4 aromatic rings. The minimum Gasteiger partial charge on any atom is -0.455 e. The standard InChI is InChI=1S/C24H17F2NO3/c1-13-3-4-14(12-28)11-18(13)17-9-10-19-20(22(17)26)21(24(29)27-2)23(30-19)15-5-7-16(25)8-6-15/h3-12H,1-2H3,(H,27,29). The van der Waals surface area contributed by atoms with E-state index in [0.29, 0.717) is 23.0 Å². The van der Waals surface area contributed by atoms with E-state index in [4.69, 9.17) is 4.42 Å². The van der Waals surface area contributed by atoms with Crippen molar-refractivity contribution < 1.29 is 22.8 Å². The molecule has 0 aliphatic rings. The molecule has 3 aromatic carbocycles. The molecule has 0 unspecified atom stereocenters. The minimum absolute atomic E-state index is 0.0297. The second-order valence-electron chi connectivity index (χ2n) is 6.88. The van der Waals surface area contributed by atoms with Crippen molar-refractivity contribution in [3.8, 4) is 22.5 Å². The highest BCUT2D eigenvalue weighted by atomic mass is 19.1. The van der Waals surface area contributed by atoms with E-state index in [1.807, 2.05) is 6.92 Å². The van der Waals surface area contributed by atoms with Gasteiger partial charge in [0.1, 0.15) is 29.3 Å². The van der Waals surface area contributed by atoms with Crippen molar-refractivity contribution in [2.75, 3.05) is 7.05 Å². The van der Waals surface area contributed by atoms with Gasteiger partial charge < -0.3 is 9.73 Å². The highest BCUT2D eigenvalue weighted by Gasteiger charge is 2.26. The van der Waals surface area contributed by atoms with Crippen LogP contribution >= 0.6 is 0 Å². The van der Waals surface area contributed by atoms with Crippen LogP contribution in [0.2, 0.25) is 0 Å². The summed E-state index contributed by atoms with van der Waals surface area (Å²) in [5, 5.41) is 2.54. The number of hydrogen-bond donors (Lipinski definition) is 1. The quantitative estimate of drug-likeness (QED) is 0.455. The number of nitrogens with one attached hydrogen (secondary N) is 1. The summed E-state index contributed by atoms with van der Waals surface area (Å²) in [6.07, 6.45) is 0.694. The zero-order valence-corrected chi connectivity index (χ0v) is 16.3. The Labute approximate surface area is 171 Å². The first-order valence-electron chi connectivity index (χ1n) is 9.23. The lowest BCUT2D eigenvalue weighted by Crippen LogP contribution is -2.18. The molecule has 1 heterocycles. The average molecular weight is 405 g/mol. The third-order valence-electron chi connectivity index (χ3n) is 5.04. The summed E-state index contributed by atoms with van der Waals surface area (Å²) in [6, 6.07) is 13.6. The van der Waals surface area contributed by atoms with Gasteiger partial charge in [0.15, 0.2) is 0 Å². The van der Waals surface area contributed by atoms with Gasteiger partial charge in [-0.15, -0.1) is 0 Å². The Kier molecular flexibility index (Phi) is 4.91. The summed E-state index contributed by atoms with van der Waals surface area (Å²) < 4.78 is 34.9. The number of amides is 1. The summed E-state index contributed by atoms with van der Waals surface area (Å²) >= 11 is 0. The maximum absolute atomic E-state index is 15.7. The van der Waals surface area contributed by atoms with E-state index < -0.39 is 17.5 Å². The minimum atomic E-state index is -0.630. The van der Waals surface area contributed by atoms with Crippen molar-refractivity contribution >= 4 is 23.2 Å². The van der Waals surface area contributed by atoms with Gasteiger partial charge in [0.2, 0.25) is 0 Å². The molecule has 6 heteroatoms. The summed E-state index contributed by atoms with van der Waals surface area (Å²) in [7, 11) is 1.44. The second-order valence-corrected chi connectivity index (χ2v) is 6.88. The van der Waals surface area contributed by atoms with Crippen molar-refractivity contribution in [2.24, 2.45) is 0 Å². The maximum atomic E-state index is 15.7. The summed E-state index contributed by atoms with van der Waals surface area (Å²) in [4.78, 5) is 23.8. The fraction of sp³-hybridized carbons (Fsp3) is 0.0833. The van der Waals surface area contributed by atoms with Gasteiger partial charge >= 0.3 is 0 Å². The molecule has 0 aliphatic heterocycles. The van der Waals surface area contributed by atoms with Gasteiger partial charge in [0, 0.05) is 23.7 Å². The number of fused-ring (bicyclic) bond motifs is 1. The topological polar surface area (TPSA) is 59.3 Å². The SMILES string of the molecule is CNC(=O)c1c(-c2ccc(F)cc2)oc2ccc(-c3cc(C=O)ccc3C)c(F)c12. The third-order valence-corrected chi connectivity index (χ3v) is 5.04. The van der Waals surface area contributed by atoms with Crippen LogP contribution in [0, 0.1) is 18.6 Å². The van der Waals surface area contributed by atoms with Crippen LogP contribution in [0.15, 0.2) is 59.0 Å². The fourth-order valence-corrected chi connectivity index (χ4v) is 3.51. The molecule has 30 heavy (non-hydrogen) atoms. The molecule has 0 atom stereocenters. The molecule has 0 bridgehead atoms. The predicted molar refractivity (Wildman–Crippen MR) is 111 cm³/mol. The highest BCUT2D eigenvalue weighted by molar-refractivity contribution is 6.12. The molecular formula is C24H17F2NO3. The van der Waals surface area contributed by atoms with Crippen LogP contribution in [0.25, 0.3) is 33.4 Å². The third kappa shape index (κ3) is 3.16. The number of benzene rings is 3. The molecule has 0 saturated carbocycles. The molecule has 1 amide bonds. The molecule has 150 valence electrons. The van der Waals surface area contributed by atoms with Crippen LogP contribution < -0.4 is 5.32 Å². The Bertz CT molecular complexity index is 1290. The van der Waals surface area contributed by atoms with Crippen molar-refractivity contribution in [1.29, 1.82) is 0 Å². The lowest BCUT2D eigenvalue weighted by molar-refractivity contribution is 0.0964. The van der Waals surface area contributed by atoms with Crippen LogP contribution in [0.1, 0.15) is 26.3 Å². The summed E-state index contributed by atoms with van der Waals surface area (Å²) in [5.41, 5.74) is 2.67. The van der Waals surface area contributed by atoms with Gasteiger partial charge in [-0.25, -0.2) is 8.78 Å². The molecule has 4 rings (SSSR count). The number of hydrogen-bond acceptors (Lipinski definition) is 3. The monoisotopic (exact) mass is 405 g/mol. The Balaban J connectivity index is 2.03. The van der Waals surface area contributed by atoms with E-state index in [1.165, 1.54) is 31.3 Å². The van der Waals surface area contributed by atoms with E-state index in [0.717, 1.165) is 5.56 Å². The lowest BCUT2D eigenvalue weighted by atomic mass is 9.95. The van der Waals surface area contributed by atoms with Crippen molar-refractivity contribution in [3.05, 3.63) is 82.9 Å². The van der Waals surface area contributed by atoms with Gasteiger partial charge in [-0.05, 0) is 60.5 Å². The first kappa shape index (κ1) is 19.5. The van der Waals surface area contributed by atoms with E-state index in [9.17, 15) is 14.0 Å². The molecule has 0 aliphatic carbocycles. The zero-order chi connectivity index (χ0) is 21.4. The number of rotatable bonds is 4. The Morgan fingerprint density at radius 3 is 2.40 bits per heavy atom. The van der Waals surface area contributed by atoms with Crippen LogP contribution in [-0.4, -0.2) is 19.2 Å². The van der Waals surface area contributed by atoms with Gasteiger partial charge in [-0.1, -0.05) is 12.1 Å². The number of furan rings is 1. The fourth-order valence-electron chi connectivity index (χ4n) is 3.51. The highest BCUT2D eigenvalue weighted by Crippen LogP contribution is 2.39. The first-order chi connectivity index (χ1) is 14.4. The zero-order valence-electron chi connectivity index (χ0n) is 16.3. The second kappa shape index (κ2) is 7.55. The Morgan fingerprint density at radius 1 is 1.00 bits per heavy atom. The Hall–Kier alpha value is -3.80. The van der Waals surface area contributed by atoms with Crippen molar-refractivity contribution in [1.82, 2.24) is 5.32 Å². The van der Waals surface area contributed by atoms with E-state index in [1.54, 1.807) is 30.3 Å². The summed E-state index contributed by atoms with van der Waals surface area (Å²) in [5.74, 6) is -1.44. The average Bonchev–Trinajstić information content (AvgIpc) is 3.15. The normalized spacial score (nSPS) is 10.9.